The van der Waals surface area contributed by atoms with Crippen molar-refractivity contribution in [3.63, 3.8) is 0 Å². The van der Waals surface area contributed by atoms with Crippen LogP contribution in [0, 0.1) is 6.92 Å². The Hall–Kier alpha value is -3.06. The van der Waals surface area contributed by atoms with E-state index in [1.807, 2.05) is 24.3 Å². The molecule has 0 spiro atoms. The molecule has 0 aliphatic rings. The molecule has 0 unspecified atom stereocenters. The van der Waals surface area contributed by atoms with Crippen molar-refractivity contribution in [2.45, 2.75) is 6.92 Å². The fourth-order valence-corrected chi connectivity index (χ4v) is 2.92. The number of nitrogens with zero attached hydrogens (tertiary/aromatic N) is 4. The molecule has 2 aromatic heterocycles. The zero-order valence-corrected chi connectivity index (χ0v) is 15.3. The topological polar surface area (TPSA) is 69.4 Å². The van der Waals surface area contributed by atoms with Crippen LogP contribution < -0.4 is 4.74 Å². The van der Waals surface area contributed by atoms with E-state index in [1.54, 1.807) is 47.8 Å². The highest BCUT2D eigenvalue weighted by molar-refractivity contribution is 9.10. The van der Waals surface area contributed by atoms with E-state index in [0.717, 1.165) is 4.47 Å². The van der Waals surface area contributed by atoms with E-state index in [0.29, 0.717) is 34.2 Å². The van der Waals surface area contributed by atoms with Gasteiger partial charge < -0.3 is 4.74 Å². The second-order valence-electron chi connectivity index (χ2n) is 5.63. The number of aryl methyl sites for hydroxylation is 1. The van der Waals surface area contributed by atoms with Crippen LogP contribution in [0.2, 0.25) is 0 Å². The number of carbonyl (C=O) groups excluding carboxylic acids is 1. The van der Waals surface area contributed by atoms with E-state index >= 15 is 0 Å². The number of aromatic nitrogens is 4. The van der Waals surface area contributed by atoms with Gasteiger partial charge in [0.25, 0.3) is 0 Å². The Morgan fingerprint density at radius 1 is 1.04 bits per heavy atom. The fraction of sp³-hybridized carbons (Fsp3) is 0.0526. The molecular weight excluding hydrogens is 396 g/mol. The molecule has 0 radical (unpaired) electrons. The minimum atomic E-state index is -0.122. The molecule has 128 valence electrons. The van der Waals surface area contributed by atoms with Crippen molar-refractivity contribution in [3.05, 3.63) is 82.1 Å². The van der Waals surface area contributed by atoms with Gasteiger partial charge in [0.1, 0.15) is 5.75 Å². The van der Waals surface area contributed by atoms with Gasteiger partial charge in [-0.15, -0.1) is 15.3 Å². The summed E-state index contributed by atoms with van der Waals surface area (Å²) >= 11 is 3.42. The molecule has 26 heavy (non-hydrogen) atoms. The predicted molar refractivity (Wildman–Crippen MR) is 99.6 cm³/mol. The van der Waals surface area contributed by atoms with E-state index in [9.17, 15) is 4.79 Å². The van der Waals surface area contributed by atoms with Gasteiger partial charge in [-0.25, -0.2) is 0 Å². The third-order valence-electron chi connectivity index (χ3n) is 3.83. The number of carbonyl (C=O) groups is 1. The number of benzene rings is 2. The summed E-state index contributed by atoms with van der Waals surface area (Å²) in [6.45, 7) is 1.81. The lowest BCUT2D eigenvalue weighted by Crippen LogP contribution is -2.05. The summed E-state index contributed by atoms with van der Waals surface area (Å²) in [4.78, 5) is 12.9. The molecule has 4 rings (SSSR count). The molecule has 0 bridgehead atoms. The van der Waals surface area contributed by atoms with Gasteiger partial charge in [-0.3, -0.25) is 4.79 Å². The first-order valence-electron chi connectivity index (χ1n) is 7.88. The van der Waals surface area contributed by atoms with Crippen LogP contribution in [-0.2, 0) is 0 Å². The molecule has 0 N–H and O–H groups in total. The van der Waals surface area contributed by atoms with Crippen molar-refractivity contribution in [3.8, 4) is 11.6 Å². The Morgan fingerprint density at radius 2 is 1.85 bits per heavy atom. The second kappa shape index (κ2) is 6.68. The van der Waals surface area contributed by atoms with Gasteiger partial charge >= 0.3 is 0 Å². The normalized spacial score (nSPS) is 10.8. The standard InChI is InChI=1S/C19H13BrN4O2/c1-12-21-22-17-9-10-18(23-24(12)17)26-16-8-7-14(20)11-15(16)19(25)13-5-3-2-4-6-13/h2-11H,1H3. The average molecular weight is 409 g/mol. The molecule has 2 heterocycles. The van der Waals surface area contributed by atoms with Crippen molar-refractivity contribution in [2.75, 3.05) is 0 Å². The van der Waals surface area contributed by atoms with E-state index in [4.69, 9.17) is 4.74 Å². The summed E-state index contributed by atoms with van der Waals surface area (Å²) in [5, 5.41) is 12.3. The van der Waals surface area contributed by atoms with E-state index in [1.165, 1.54) is 0 Å². The zero-order valence-electron chi connectivity index (χ0n) is 13.8. The molecule has 0 fully saturated rings. The lowest BCUT2D eigenvalue weighted by molar-refractivity contribution is 0.103. The van der Waals surface area contributed by atoms with Crippen LogP contribution in [0.3, 0.4) is 0 Å². The zero-order chi connectivity index (χ0) is 18.1. The number of ether oxygens (including phenoxy) is 1. The van der Waals surface area contributed by atoms with E-state index in [2.05, 4.69) is 31.2 Å². The first kappa shape index (κ1) is 16.4. The SMILES string of the molecule is Cc1nnc2ccc(Oc3ccc(Br)cc3C(=O)c3ccccc3)nn12. The number of ketones is 1. The maximum absolute atomic E-state index is 12.9. The van der Waals surface area contributed by atoms with Crippen LogP contribution >= 0.6 is 15.9 Å². The van der Waals surface area contributed by atoms with Gasteiger partial charge in [-0.05, 0) is 31.2 Å². The average Bonchev–Trinajstić information content (AvgIpc) is 3.04. The minimum Gasteiger partial charge on any atom is -0.437 e. The third-order valence-corrected chi connectivity index (χ3v) is 4.32. The highest BCUT2D eigenvalue weighted by Crippen LogP contribution is 2.29. The quantitative estimate of drug-likeness (QED) is 0.472. The maximum atomic E-state index is 12.9. The first-order chi connectivity index (χ1) is 12.6. The molecule has 0 atom stereocenters. The van der Waals surface area contributed by atoms with Crippen LogP contribution in [0.15, 0.2) is 65.1 Å². The van der Waals surface area contributed by atoms with Crippen LogP contribution in [0.4, 0.5) is 0 Å². The fourth-order valence-electron chi connectivity index (χ4n) is 2.56. The Labute approximate surface area is 157 Å². The molecule has 0 aliphatic carbocycles. The van der Waals surface area contributed by atoms with Crippen LogP contribution in [0.1, 0.15) is 21.7 Å². The highest BCUT2D eigenvalue weighted by Gasteiger charge is 2.16. The van der Waals surface area contributed by atoms with Crippen molar-refractivity contribution in [1.29, 1.82) is 0 Å². The number of hydrogen-bond donors (Lipinski definition) is 0. The predicted octanol–water partition coefficient (Wildman–Crippen LogP) is 4.22. The molecule has 0 amide bonds. The summed E-state index contributed by atoms with van der Waals surface area (Å²) in [6, 6.07) is 17.8. The van der Waals surface area contributed by atoms with Crippen LogP contribution in [-0.4, -0.2) is 25.6 Å². The van der Waals surface area contributed by atoms with E-state index in [-0.39, 0.29) is 5.78 Å². The van der Waals surface area contributed by atoms with Crippen molar-refractivity contribution in [2.24, 2.45) is 0 Å². The van der Waals surface area contributed by atoms with Crippen molar-refractivity contribution < 1.29 is 9.53 Å². The monoisotopic (exact) mass is 408 g/mol. The number of rotatable bonds is 4. The summed E-state index contributed by atoms with van der Waals surface area (Å²) in [7, 11) is 0. The van der Waals surface area contributed by atoms with E-state index < -0.39 is 0 Å². The molecule has 2 aromatic carbocycles. The van der Waals surface area contributed by atoms with Crippen molar-refractivity contribution >= 4 is 27.4 Å². The summed E-state index contributed by atoms with van der Waals surface area (Å²) in [5.74, 6) is 1.31. The molecule has 0 saturated carbocycles. The van der Waals surface area contributed by atoms with Crippen LogP contribution in [0.5, 0.6) is 11.6 Å². The minimum absolute atomic E-state index is 0.122. The van der Waals surface area contributed by atoms with Gasteiger partial charge in [-0.1, -0.05) is 46.3 Å². The van der Waals surface area contributed by atoms with Gasteiger partial charge in [0.15, 0.2) is 17.3 Å². The number of hydrogen-bond acceptors (Lipinski definition) is 5. The molecular formula is C19H13BrN4O2. The van der Waals surface area contributed by atoms with Gasteiger partial charge in [0.05, 0.1) is 5.56 Å². The molecule has 4 aromatic rings. The second-order valence-corrected chi connectivity index (χ2v) is 6.54. The Kier molecular flexibility index (Phi) is 4.22. The highest BCUT2D eigenvalue weighted by atomic mass is 79.9. The maximum Gasteiger partial charge on any atom is 0.237 e. The Bertz CT molecular complexity index is 1110. The molecule has 7 heteroatoms. The lowest BCUT2D eigenvalue weighted by Gasteiger charge is -2.11. The summed E-state index contributed by atoms with van der Waals surface area (Å²) in [6.07, 6.45) is 0. The lowest BCUT2D eigenvalue weighted by atomic mass is 10.0. The third kappa shape index (κ3) is 3.09. The van der Waals surface area contributed by atoms with Gasteiger partial charge in [-0.2, -0.15) is 4.52 Å². The molecule has 0 aliphatic heterocycles. The molecule has 0 saturated heterocycles. The van der Waals surface area contributed by atoms with Gasteiger partial charge in [0.2, 0.25) is 5.88 Å². The number of fused-ring (bicyclic) bond motifs is 1. The van der Waals surface area contributed by atoms with Crippen molar-refractivity contribution in [1.82, 2.24) is 19.8 Å². The van der Waals surface area contributed by atoms with Gasteiger partial charge in [0, 0.05) is 16.1 Å². The smallest absolute Gasteiger partial charge is 0.237 e. The number of halogens is 1. The first-order valence-corrected chi connectivity index (χ1v) is 8.67. The Balaban J connectivity index is 1.74. The largest absolute Gasteiger partial charge is 0.437 e. The summed E-state index contributed by atoms with van der Waals surface area (Å²) in [5.41, 5.74) is 1.67. The summed E-state index contributed by atoms with van der Waals surface area (Å²) < 4.78 is 8.29. The Morgan fingerprint density at radius 3 is 2.65 bits per heavy atom. The van der Waals surface area contributed by atoms with Crippen LogP contribution in [0.25, 0.3) is 5.65 Å². The molecule has 6 nitrogen and oxygen atoms in total.